The minimum Gasteiger partial charge on any atom is -0.491 e. The molecule has 1 atom stereocenters. The molecule has 0 spiro atoms. The van der Waals surface area contributed by atoms with Crippen LogP contribution in [0, 0.1) is 0 Å². The Morgan fingerprint density at radius 2 is 1.95 bits per heavy atom. The standard InChI is InChI=1S/C17H24N2OS/c1-11(2)15-10-21-17(19-15)16(18-5)13-7-6-8-14(9-13)20-12(3)4/h6-12,16,18H,1-5H3. The minimum atomic E-state index is 0.109. The third-order valence-electron chi connectivity index (χ3n) is 3.23. The summed E-state index contributed by atoms with van der Waals surface area (Å²) in [7, 11) is 1.97. The molecule has 21 heavy (non-hydrogen) atoms. The predicted octanol–water partition coefficient (Wildman–Crippen LogP) is 4.36. The number of aromatic nitrogens is 1. The molecule has 2 rings (SSSR count). The van der Waals surface area contributed by atoms with Gasteiger partial charge in [-0.15, -0.1) is 11.3 Å². The smallest absolute Gasteiger partial charge is 0.120 e. The van der Waals surface area contributed by atoms with Crippen LogP contribution in [0.4, 0.5) is 0 Å². The number of hydrogen-bond acceptors (Lipinski definition) is 4. The van der Waals surface area contributed by atoms with Crippen molar-refractivity contribution in [3.63, 3.8) is 0 Å². The zero-order valence-electron chi connectivity index (χ0n) is 13.4. The van der Waals surface area contributed by atoms with Crippen molar-refractivity contribution >= 4 is 11.3 Å². The molecule has 1 heterocycles. The summed E-state index contributed by atoms with van der Waals surface area (Å²) in [5, 5.41) is 6.61. The number of benzene rings is 1. The van der Waals surface area contributed by atoms with Gasteiger partial charge < -0.3 is 10.1 Å². The van der Waals surface area contributed by atoms with Gasteiger partial charge in [0.1, 0.15) is 10.8 Å². The van der Waals surface area contributed by atoms with Gasteiger partial charge in [-0.1, -0.05) is 26.0 Å². The Morgan fingerprint density at radius 3 is 2.52 bits per heavy atom. The fourth-order valence-corrected chi connectivity index (χ4v) is 3.29. The van der Waals surface area contributed by atoms with Gasteiger partial charge in [0.25, 0.3) is 0 Å². The summed E-state index contributed by atoms with van der Waals surface area (Å²) >= 11 is 1.71. The molecular weight excluding hydrogens is 280 g/mol. The summed E-state index contributed by atoms with van der Waals surface area (Å²) in [5.41, 5.74) is 2.34. The maximum absolute atomic E-state index is 5.78. The highest BCUT2D eigenvalue weighted by molar-refractivity contribution is 7.09. The quantitative estimate of drug-likeness (QED) is 0.861. The van der Waals surface area contributed by atoms with Crippen LogP contribution in [0.15, 0.2) is 29.6 Å². The van der Waals surface area contributed by atoms with Gasteiger partial charge in [-0.05, 0) is 44.5 Å². The third-order valence-corrected chi connectivity index (χ3v) is 4.16. The largest absolute Gasteiger partial charge is 0.491 e. The first kappa shape index (κ1) is 16.0. The molecule has 1 unspecified atom stereocenters. The third kappa shape index (κ3) is 4.05. The number of nitrogens with zero attached hydrogens (tertiary/aromatic N) is 1. The topological polar surface area (TPSA) is 34.1 Å². The molecule has 0 aliphatic rings. The van der Waals surface area contributed by atoms with Crippen LogP contribution in [-0.4, -0.2) is 18.1 Å². The lowest BCUT2D eigenvalue weighted by Gasteiger charge is -2.16. The van der Waals surface area contributed by atoms with Crippen LogP contribution in [0.3, 0.4) is 0 Å². The Labute approximate surface area is 131 Å². The molecule has 0 radical (unpaired) electrons. The van der Waals surface area contributed by atoms with Crippen LogP contribution in [0.2, 0.25) is 0 Å². The van der Waals surface area contributed by atoms with Gasteiger partial charge in [0.2, 0.25) is 0 Å². The van der Waals surface area contributed by atoms with Crippen molar-refractivity contribution in [2.24, 2.45) is 0 Å². The van der Waals surface area contributed by atoms with Gasteiger partial charge in [-0.3, -0.25) is 0 Å². The normalized spacial score (nSPS) is 12.9. The second kappa shape index (κ2) is 7.05. The van der Waals surface area contributed by atoms with Crippen LogP contribution >= 0.6 is 11.3 Å². The van der Waals surface area contributed by atoms with E-state index in [0.29, 0.717) is 5.92 Å². The first-order valence-electron chi connectivity index (χ1n) is 7.40. The highest BCUT2D eigenvalue weighted by atomic mass is 32.1. The molecule has 4 heteroatoms. The SMILES string of the molecule is CNC(c1cccc(OC(C)C)c1)c1nc(C(C)C)cs1. The Balaban J connectivity index is 2.27. The lowest BCUT2D eigenvalue weighted by Crippen LogP contribution is -2.18. The number of hydrogen-bond donors (Lipinski definition) is 1. The molecule has 3 nitrogen and oxygen atoms in total. The molecule has 0 bridgehead atoms. The van der Waals surface area contributed by atoms with Crippen molar-refractivity contribution in [3.8, 4) is 5.75 Å². The van der Waals surface area contributed by atoms with E-state index in [1.54, 1.807) is 11.3 Å². The maximum atomic E-state index is 5.78. The summed E-state index contributed by atoms with van der Waals surface area (Å²) in [6, 6.07) is 8.35. The van der Waals surface area contributed by atoms with Gasteiger partial charge in [0.15, 0.2) is 0 Å². The Morgan fingerprint density at radius 1 is 1.19 bits per heavy atom. The summed E-state index contributed by atoms with van der Waals surface area (Å²) < 4.78 is 5.78. The van der Waals surface area contributed by atoms with Gasteiger partial charge in [0.05, 0.1) is 17.8 Å². The van der Waals surface area contributed by atoms with Crippen molar-refractivity contribution < 1.29 is 4.74 Å². The predicted molar refractivity (Wildman–Crippen MR) is 89.3 cm³/mol. The van der Waals surface area contributed by atoms with Crippen LogP contribution < -0.4 is 10.1 Å². The van der Waals surface area contributed by atoms with Crippen molar-refractivity contribution in [2.75, 3.05) is 7.05 Å². The second-order valence-electron chi connectivity index (χ2n) is 5.73. The Kier molecular flexibility index (Phi) is 5.37. The first-order chi connectivity index (χ1) is 10.0. The molecule has 0 fully saturated rings. The summed E-state index contributed by atoms with van der Waals surface area (Å²) in [6.07, 6.45) is 0.181. The molecule has 1 aromatic carbocycles. The number of rotatable bonds is 6. The fourth-order valence-electron chi connectivity index (χ4n) is 2.17. The summed E-state index contributed by atoms with van der Waals surface area (Å²) in [4.78, 5) is 4.76. The van der Waals surface area contributed by atoms with Crippen molar-refractivity contribution in [1.82, 2.24) is 10.3 Å². The molecule has 1 N–H and O–H groups in total. The van der Waals surface area contributed by atoms with Crippen molar-refractivity contribution in [2.45, 2.75) is 45.8 Å². The average molecular weight is 304 g/mol. The Hall–Kier alpha value is -1.39. The molecule has 2 aromatic rings. The monoisotopic (exact) mass is 304 g/mol. The van der Waals surface area contributed by atoms with E-state index in [2.05, 4.69) is 36.7 Å². The van der Waals surface area contributed by atoms with E-state index in [1.807, 2.05) is 33.0 Å². The minimum absolute atomic E-state index is 0.109. The van der Waals surface area contributed by atoms with Gasteiger partial charge in [-0.2, -0.15) is 0 Å². The molecule has 0 aliphatic heterocycles. The van der Waals surface area contributed by atoms with Crippen molar-refractivity contribution in [1.29, 1.82) is 0 Å². The molecule has 0 saturated heterocycles. The van der Waals surface area contributed by atoms with Crippen LogP contribution in [0.1, 0.15) is 55.9 Å². The van der Waals surface area contributed by atoms with E-state index in [9.17, 15) is 0 Å². The molecule has 0 saturated carbocycles. The number of thiazole rings is 1. The van der Waals surface area contributed by atoms with Crippen LogP contribution in [0.25, 0.3) is 0 Å². The van der Waals surface area contributed by atoms with E-state index in [1.165, 1.54) is 5.56 Å². The van der Waals surface area contributed by atoms with E-state index in [4.69, 9.17) is 9.72 Å². The zero-order valence-corrected chi connectivity index (χ0v) is 14.2. The zero-order chi connectivity index (χ0) is 15.4. The average Bonchev–Trinajstić information content (AvgIpc) is 2.89. The van der Waals surface area contributed by atoms with E-state index < -0.39 is 0 Å². The van der Waals surface area contributed by atoms with Gasteiger partial charge >= 0.3 is 0 Å². The van der Waals surface area contributed by atoms with E-state index in [0.717, 1.165) is 16.5 Å². The van der Waals surface area contributed by atoms with Gasteiger partial charge in [0, 0.05) is 5.38 Å². The number of nitrogens with one attached hydrogen (secondary N) is 1. The van der Waals surface area contributed by atoms with Crippen LogP contribution in [0.5, 0.6) is 5.75 Å². The first-order valence-corrected chi connectivity index (χ1v) is 8.28. The summed E-state index contributed by atoms with van der Waals surface area (Å²) in [5.74, 6) is 1.37. The summed E-state index contributed by atoms with van der Waals surface area (Å²) in [6.45, 7) is 8.42. The van der Waals surface area contributed by atoms with E-state index >= 15 is 0 Å². The molecular formula is C17H24N2OS. The lowest BCUT2D eigenvalue weighted by molar-refractivity contribution is 0.242. The van der Waals surface area contributed by atoms with Crippen molar-refractivity contribution in [3.05, 3.63) is 45.9 Å². The number of ether oxygens (including phenoxy) is 1. The second-order valence-corrected chi connectivity index (χ2v) is 6.62. The molecule has 114 valence electrons. The van der Waals surface area contributed by atoms with Gasteiger partial charge in [-0.25, -0.2) is 4.98 Å². The molecule has 0 aliphatic carbocycles. The molecule has 0 amide bonds. The Bertz CT molecular complexity index is 578. The van der Waals surface area contributed by atoms with Crippen LogP contribution in [-0.2, 0) is 0 Å². The molecule has 1 aromatic heterocycles. The highest BCUT2D eigenvalue weighted by Crippen LogP contribution is 2.29. The fraction of sp³-hybridized carbons (Fsp3) is 0.471. The maximum Gasteiger partial charge on any atom is 0.120 e. The van der Waals surface area contributed by atoms with E-state index in [-0.39, 0.29) is 12.1 Å². The highest BCUT2D eigenvalue weighted by Gasteiger charge is 2.17. The lowest BCUT2D eigenvalue weighted by atomic mass is 10.1.